The molecule has 1 saturated heterocycles. The van der Waals surface area contributed by atoms with Crippen LogP contribution in [0.4, 0.5) is 0 Å². The Hall–Kier alpha value is -0.120. The van der Waals surface area contributed by atoms with Crippen LogP contribution >= 0.6 is 0 Å². The molecule has 1 heterocycles. The second-order valence-corrected chi connectivity index (χ2v) is 4.72. The van der Waals surface area contributed by atoms with Crippen LogP contribution in [0.2, 0.25) is 0 Å². The van der Waals surface area contributed by atoms with E-state index in [9.17, 15) is 0 Å². The van der Waals surface area contributed by atoms with E-state index in [-0.39, 0.29) is 5.54 Å². The monoisotopic (exact) mass is 200 g/mol. The van der Waals surface area contributed by atoms with Crippen molar-refractivity contribution in [2.24, 2.45) is 0 Å². The summed E-state index contributed by atoms with van der Waals surface area (Å²) in [7, 11) is 0. The molecule has 0 aromatic heterocycles. The SMILES string of the molecule is CCNCC(C)N1CCOCC1(C)C. The molecule has 0 bridgehead atoms. The van der Waals surface area contributed by atoms with Gasteiger partial charge < -0.3 is 10.1 Å². The van der Waals surface area contributed by atoms with Crippen LogP contribution in [-0.4, -0.2) is 49.3 Å². The Kier molecular flexibility index (Phi) is 4.35. The molecule has 1 aliphatic rings. The Bertz CT molecular complexity index is 171. The van der Waals surface area contributed by atoms with Gasteiger partial charge in [0.1, 0.15) is 0 Å². The lowest BCUT2D eigenvalue weighted by atomic mass is 10.00. The average Bonchev–Trinajstić information content (AvgIpc) is 2.13. The van der Waals surface area contributed by atoms with E-state index in [1.807, 2.05) is 0 Å². The van der Waals surface area contributed by atoms with E-state index in [2.05, 4.69) is 37.9 Å². The molecule has 1 unspecified atom stereocenters. The minimum absolute atomic E-state index is 0.188. The number of likely N-dealkylation sites (N-methyl/N-ethyl adjacent to an activating group) is 1. The molecule has 3 nitrogen and oxygen atoms in total. The summed E-state index contributed by atoms with van der Waals surface area (Å²) in [6, 6.07) is 0.592. The third-order valence-electron chi connectivity index (χ3n) is 2.93. The first kappa shape index (κ1) is 12.0. The van der Waals surface area contributed by atoms with Crippen molar-refractivity contribution in [2.75, 3.05) is 32.8 Å². The van der Waals surface area contributed by atoms with Crippen molar-refractivity contribution in [1.29, 1.82) is 0 Å². The third-order valence-corrected chi connectivity index (χ3v) is 2.93. The molecule has 0 amide bonds. The fourth-order valence-electron chi connectivity index (χ4n) is 2.15. The van der Waals surface area contributed by atoms with E-state index < -0.39 is 0 Å². The van der Waals surface area contributed by atoms with Crippen molar-refractivity contribution in [3.8, 4) is 0 Å². The predicted octanol–water partition coefficient (Wildman–Crippen LogP) is 1.10. The first-order valence-electron chi connectivity index (χ1n) is 5.63. The van der Waals surface area contributed by atoms with Gasteiger partial charge in [0.05, 0.1) is 13.2 Å². The molecule has 1 fully saturated rings. The minimum atomic E-state index is 0.188. The molecule has 0 aromatic carbocycles. The number of nitrogens with zero attached hydrogens (tertiary/aromatic N) is 1. The fraction of sp³-hybridized carbons (Fsp3) is 1.00. The van der Waals surface area contributed by atoms with Crippen LogP contribution < -0.4 is 5.32 Å². The van der Waals surface area contributed by atoms with Gasteiger partial charge in [-0.15, -0.1) is 0 Å². The largest absolute Gasteiger partial charge is 0.378 e. The number of hydrogen-bond acceptors (Lipinski definition) is 3. The maximum absolute atomic E-state index is 5.51. The topological polar surface area (TPSA) is 24.5 Å². The van der Waals surface area contributed by atoms with Crippen LogP contribution in [0.5, 0.6) is 0 Å². The number of ether oxygens (including phenoxy) is 1. The van der Waals surface area contributed by atoms with Gasteiger partial charge in [-0.25, -0.2) is 0 Å². The standard InChI is InChI=1S/C11H24N2O/c1-5-12-8-10(2)13-6-7-14-9-11(13,3)4/h10,12H,5-9H2,1-4H3. The Morgan fingerprint density at radius 1 is 1.50 bits per heavy atom. The van der Waals surface area contributed by atoms with Gasteiger partial charge in [0.2, 0.25) is 0 Å². The van der Waals surface area contributed by atoms with Crippen LogP contribution in [0.15, 0.2) is 0 Å². The van der Waals surface area contributed by atoms with Gasteiger partial charge in [0.15, 0.2) is 0 Å². The second-order valence-electron chi connectivity index (χ2n) is 4.72. The Morgan fingerprint density at radius 2 is 2.21 bits per heavy atom. The summed E-state index contributed by atoms with van der Waals surface area (Å²) in [5.41, 5.74) is 0.188. The number of hydrogen-bond donors (Lipinski definition) is 1. The smallest absolute Gasteiger partial charge is 0.0645 e. The van der Waals surface area contributed by atoms with Crippen molar-refractivity contribution in [3.63, 3.8) is 0 Å². The van der Waals surface area contributed by atoms with Crippen LogP contribution in [0, 0.1) is 0 Å². The number of rotatable bonds is 4. The van der Waals surface area contributed by atoms with Gasteiger partial charge in [0, 0.05) is 24.7 Å². The van der Waals surface area contributed by atoms with Gasteiger partial charge in [-0.2, -0.15) is 0 Å². The molecule has 0 saturated carbocycles. The van der Waals surface area contributed by atoms with Crippen molar-refractivity contribution in [1.82, 2.24) is 10.2 Å². The molecular weight excluding hydrogens is 176 g/mol. The molecule has 1 atom stereocenters. The van der Waals surface area contributed by atoms with Crippen LogP contribution in [0.25, 0.3) is 0 Å². The number of morpholine rings is 1. The Morgan fingerprint density at radius 3 is 2.79 bits per heavy atom. The van der Waals surface area contributed by atoms with E-state index >= 15 is 0 Å². The maximum atomic E-state index is 5.51. The van der Waals surface area contributed by atoms with Crippen LogP contribution in [0.3, 0.4) is 0 Å². The highest BCUT2D eigenvalue weighted by Crippen LogP contribution is 2.21. The van der Waals surface area contributed by atoms with Crippen LogP contribution in [0.1, 0.15) is 27.7 Å². The molecule has 0 spiro atoms. The molecule has 1 rings (SSSR count). The number of nitrogens with one attached hydrogen (secondary N) is 1. The molecule has 0 aliphatic carbocycles. The van der Waals surface area contributed by atoms with Gasteiger partial charge in [-0.3, -0.25) is 4.90 Å². The predicted molar refractivity (Wildman–Crippen MR) is 59.6 cm³/mol. The molecule has 0 aromatic rings. The third kappa shape index (κ3) is 2.94. The fourth-order valence-corrected chi connectivity index (χ4v) is 2.15. The minimum Gasteiger partial charge on any atom is -0.378 e. The zero-order valence-electron chi connectivity index (χ0n) is 9.97. The lowest BCUT2D eigenvalue weighted by Gasteiger charge is -2.45. The highest BCUT2D eigenvalue weighted by molar-refractivity contribution is 4.88. The molecule has 3 heteroatoms. The summed E-state index contributed by atoms with van der Waals surface area (Å²) >= 11 is 0. The summed E-state index contributed by atoms with van der Waals surface area (Å²) in [6.45, 7) is 13.9. The van der Waals surface area contributed by atoms with Gasteiger partial charge in [-0.1, -0.05) is 6.92 Å². The molecular formula is C11H24N2O. The highest BCUT2D eigenvalue weighted by Gasteiger charge is 2.33. The molecule has 14 heavy (non-hydrogen) atoms. The lowest BCUT2D eigenvalue weighted by Crippen LogP contribution is -2.58. The normalized spacial score (nSPS) is 24.9. The quantitative estimate of drug-likeness (QED) is 0.735. The molecule has 1 N–H and O–H groups in total. The van der Waals surface area contributed by atoms with Gasteiger partial charge in [0.25, 0.3) is 0 Å². The zero-order valence-corrected chi connectivity index (χ0v) is 9.97. The molecule has 0 radical (unpaired) electrons. The summed E-state index contributed by atoms with van der Waals surface area (Å²) in [6.07, 6.45) is 0. The molecule has 84 valence electrons. The molecule has 1 aliphatic heterocycles. The van der Waals surface area contributed by atoms with Crippen molar-refractivity contribution in [3.05, 3.63) is 0 Å². The average molecular weight is 200 g/mol. The van der Waals surface area contributed by atoms with E-state index in [0.29, 0.717) is 6.04 Å². The van der Waals surface area contributed by atoms with E-state index in [1.54, 1.807) is 0 Å². The van der Waals surface area contributed by atoms with Crippen molar-refractivity contribution < 1.29 is 4.74 Å². The Labute approximate surface area is 87.8 Å². The van der Waals surface area contributed by atoms with Crippen molar-refractivity contribution >= 4 is 0 Å². The van der Waals surface area contributed by atoms with E-state index in [0.717, 1.165) is 32.8 Å². The second kappa shape index (κ2) is 5.10. The summed E-state index contributed by atoms with van der Waals surface area (Å²) < 4.78 is 5.51. The summed E-state index contributed by atoms with van der Waals surface area (Å²) in [5.74, 6) is 0. The highest BCUT2D eigenvalue weighted by atomic mass is 16.5. The first-order valence-corrected chi connectivity index (χ1v) is 5.63. The first-order chi connectivity index (χ1) is 6.58. The summed E-state index contributed by atoms with van der Waals surface area (Å²) in [5, 5.41) is 3.40. The van der Waals surface area contributed by atoms with Gasteiger partial charge >= 0.3 is 0 Å². The Balaban J connectivity index is 2.46. The van der Waals surface area contributed by atoms with Crippen molar-refractivity contribution in [2.45, 2.75) is 39.3 Å². The van der Waals surface area contributed by atoms with Crippen LogP contribution in [-0.2, 0) is 4.74 Å². The van der Waals surface area contributed by atoms with Gasteiger partial charge in [-0.05, 0) is 27.3 Å². The lowest BCUT2D eigenvalue weighted by molar-refractivity contribution is -0.0681. The summed E-state index contributed by atoms with van der Waals surface area (Å²) in [4.78, 5) is 2.54. The van der Waals surface area contributed by atoms with E-state index in [1.165, 1.54) is 0 Å². The van der Waals surface area contributed by atoms with E-state index in [4.69, 9.17) is 4.74 Å². The zero-order chi connectivity index (χ0) is 10.6. The maximum Gasteiger partial charge on any atom is 0.0645 e.